The molecule has 0 bridgehead atoms. The Hall–Kier alpha value is -0.780. The fourth-order valence-electron chi connectivity index (χ4n) is 2.82. The average Bonchev–Trinajstić information content (AvgIpc) is 2.42. The molecule has 3 unspecified atom stereocenters. The highest BCUT2D eigenvalue weighted by Gasteiger charge is 2.21. The van der Waals surface area contributed by atoms with E-state index < -0.39 is 9.84 Å². The molecule has 0 aromatic rings. The van der Waals surface area contributed by atoms with Crippen LogP contribution in [0, 0.1) is 11.8 Å². The molecule has 0 aliphatic heterocycles. The smallest absolute Gasteiger partial charge is 0.191 e. The third-order valence-electron chi connectivity index (χ3n) is 4.35. The topological polar surface area (TPSA) is 70.6 Å². The fourth-order valence-corrected chi connectivity index (χ4v) is 3.60. The van der Waals surface area contributed by atoms with Gasteiger partial charge in [0, 0.05) is 25.9 Å². The highest BCUT2D eigenvalue weighted by atomic mass is 32.2. The SMILES string of the molecule is CN=C(NCC1CCCCC1C)NC(C)CCS(C)(=O)=O. The van der Waals surface area contributed by atoms with Gasteiger partial charge in [0.1, 0.15) is 9.84 Å². The Kier molecular flexibility index (Phi) is 7.49. The highest BCUT2D eigenvalue weighted by molar-refractivity contribution is 7.90. The standard InChI is InChI=1S/C15H31N3O2S/c1-12-7-5-6-8-14(12)11-17-15(16-3)18-13(2)9-10-21(4,19)20/h12-14H,5-11H2,1-4H3,(H2,16,17,18). The van der Waals surface area contributed by atoms with Crippen LogP contribution in [0.5, 0.6) is 0 Å². The summed E-state index contributed by atoms with van der Waals surface area (Å²) in [7, 11) is -1.15. The van der Waals surface area contributed by atoms with Gasteiger partial charge < -0.3 is 10.6 Å². The van der Waals surface area contributed by atoms with Crippen molar-refractivity contribution in [1.29, 1.82) is 0 Å². The Morgan fingerprint density at radius 1 is 1.33 bits per heavy atom. The molecule has 0 spiro atoms. The predicted molar refractivity (Wildman–Crippen MR) is 89.4 cm³/mol. The van der Waals surface area contributed by atoms with E-state index in [0.717, 1.165) is 18.4 Å². The minimum atomic E-state index is -2.90. The first kappa shape index (κ1) is 18.3. The highest BCUT2D eigenvalue weighted by Crippen LogP contribution is 2.28. The molecule has 3 atom stereocenters. The average molecular weight is 317 g/mol. The maximum atomic E-state index is 11.2. The van der Waals surface area contributed by atoms with Gasteiger partial charge in [-0.1, -0.05) is 26.2 Å². The van der Waals surface area contributed by atoms with Crippen molar-refractivity contribution < 1.29 is 8.42 Å². The molecule has 0 heterocycles. The zero-order valence-corrected chi connectivity index (χ0v) is 14.7. The first-order valence-corrected chi connectivity index (χ1v) is 10.0. The second-order valence-corrected chi connectivity index (χ2v) is 8.70. The van der Waals surface area contributed by atoms with Crippen LogP contribution < -0.4 is 10.6 Å². The largest absolute Gasteiger partial charge is 0.356 e. The summed E-state index contributed by atoms with van der Waals surface area (Å²) < 4.78 is 22.4. The molecule has 0 amide bonds. The van der Waals surface area contributed by atoms with Crippen LogP contribution in [-0.4, -0.2) is 46.0 Å². The summed E-state index contributed by atoms with van der Waals surface area (Å²) in [5.74, 6) is 2.46. The van der Waals surface area contributed by atoms with E-state index >= 15 is 0 Å². The first-order chi connectivity index (χ1) is 9.81. The molecule has 0 aromatic heterocycles. The zero-order chi connectivity index (χ0) is 15.9. The van der Waals surface area contributed by atoms with Gasteiger partial charge in [0.2, 0.25) is 0 Å². The van der Waals surface area contributed by atoms with E-state index in [2.05, 4.69) is 22.5 Å². The van der Waals surface area contributed by atoms with Gasteiger partial charge in [0.15, 0.2) is 5.96 Å². The molecule has 1 aliphatic carbocycles. The van der Waals surface area contributed by atoms with Crippen molar-refractivity contribution in [2.75, 3.05) is 25.6 Å². The Balaban J connectivity index is 2.34. The van der Waals surface area contributed by atoms with E-state index in [1.807, 2.05) is 6.92 Å². The van der Waals surface area contributed by atoms with Crippen molar-refractivity contribution in [1.82, 2.24) is 10.6 Å². The summed E-state index contributed by atoms with van der Waals surface area (Å²) in [4.78, 5) is 4.23. The van der Waals surface area contributed by atoms with Crippen LogP contribution in [0.15, 0.2) is 4.99 Å². The molecule has 5 nitrogen and oxygen atoms in total. The summed E-state index contributed by atoms with van der Waals surface area (Å²) in [5, 5.41) is 6.66. The Morgan fingerprint density at radius 3 is 2.57 bits per heavy atom. The lowest BCUT2D eigenvalue weighted by Gasteiger charge is -2.29. The first-order valence-electron chi connectivity index (χ1n) is 7.96. The molecule has 0 radical (unpaired) electrons. The maximum Gasteiger partial charge on any atom is 0.191 e. The van der Waals surface area contributed by atoms with Crippen molar-refractivity contribution in [3.8, 4) is 0 Å². The molecule has 6 heteroatoms. The van der Waals surface area contributed by atoms with E-state index in [9.17, 15) is 8.42 Å². The predicted octanol–water partition coefficient (Wildman–Crippen LogP) is 1.80. The second kappa shape index (κ2) is 8.61. The molecule has 0 saturated heterocycles. The summed E-state index contributed by atoms with van der Waals surface area (Å²) >= 11 is 0. The van der Waals surface area contributed by atoms with Crippen LogP contribution in [-0.2, 0) is 9.84 Å². The van der Waals surface area contributed by atoms with Crippen molar-refractivity contribution >= 4 is 15.8 Å². The third kappa shape index (κ3) is 7.69. The summed E-state index contributed by atoms with van der Waals surface area (Å²) in [5.41, 5.74) is 0. The Morgan fingerprint density at radius 2 is 2.00 bits per heavy atom. The van der Waals surface area contributed by atoms with Gasteiger partial charge in [0.25, 0.3) is 0 Å². The van der Waals surface area contributed by atoms with Crippen LogP contribution in [0.3, 0.4) is 0 Å². The minimum Gasteiger partial charge on any atom is -0.356 e. The number of hydrogen-bond donors (Lipinski definition) is 2. The van der Waals surface area contributed by atoms with Crippen molar-refractivity contribution in [3.05, 3.63) is 0 Å². The third-order valence-corrected chi connectivity index (χ3v) is 5.33. The molecule has 124 valence electrons. The summed E-state index contributed by atoms with van der Waals surface area (Å²) in [6.07, 6.45) is 7.16. The van der Waals surface area contributed by atoms with Crippen LogP contribution in [0.2, 0.25) is 0 Å². The molecule has 1 saturated carbocycles. The Bertz CT molecular complexity index is 434. The molecule has 2 N–H and O–H groups in total. The van der Waals surface area contributed by atoms with Crippen molar-refractivity contribution in [2.24, 2.45) is 16.8 Å². The van der Waals surface area contributed by atoms with Gasteiger partial charge in [-0.2, -0.15) is 0 Å². The van der Waals surface area contributed by atoms with Gasteiger partial charge in [-0.25, -0.2) is 8.42 Å². The fraction of sp³-hybridized carbons (Fsp3) is 0.933. The number of nitrogens with one attached hydrogen (secondary N) is 2. The molecule has 1 fully saturated rings. The molecular weight excluding hydrogens is 286 g/mol. The van der Waals surface area contributed by atoms with Gasteiger partial charge in [-0.05, 0) is 31.6 Å². The van der Waals surface area contributed by atoms with E-state index in [-0.39, 0.29) is 11.8 Å². The lowest BCUT2D eigenvalue weighted by atomic mass is 9.80. The van der Waals surface area contributed by atoms with Crippen LogP contribution >= 0.6 is 0 Å². The molecule has 0 aromatic carbocycles. The molecular formula is C15H31N3O2S. The quantitative estimate of drug-likeness (QED) is 0.579. The lowest BCUT2D eigenvalue weighted by molar-refractivity contribution is 0.256. The number of guanidine groups is 1. The number of nitrogens with zero attached hydrogens (tertiary/aromatic N) is 1. The van der Waals surface area contributed by atoms with E-state index in [0.29, 0.717) is 12.3 Å². The minimum absolute atomic E-state index is 0.0923. The van der Waals surface area contributed by atoms with Gasteiger partial charge >= 0.3 is 0 Å². The molecule has 1 aliphatic rings. The summed E-state index contributed by atoms with van der Waals surface area (Å²) in [6.45, 7) is 5.26. The normalized spacial score (nSPS) is 25.4. The van der Waals surface area contributed by atoms with Gasteiger partial charge in [0.05, 0.1) is 5.75 Å². The van der Waals surface area contributed by atoms with Gasteiger partial charge in [-0.15, -0.1) is 0 Å². The number of sulfone groups is 1. The number of rotatable bonds is 6. The van der Waals surface area contributed by atoms with Crippen LogP contribution in [0.25, 0.3) is 0 Å². The number of hydrogen-bond acceptors (Lipinski definition) is 3. The molecule has 1 rings (SSSR count). The maximum absolute atomic E-state index is 11.2. The molecule has 21 heavy (non-hydrogen) atoms. The zero-order valence-electron chi connectivity index (χ0n) is 13.9. The van der Waals surface area contributed by atoms with E-state index in [1.165, 1.54) is 31.9 Å². The van der Waals surface area contributed by atoms with E-state index in [4.69, 9.17) is 0 Å². The summed E-state index contributed by atoms with van der Waals surface area (Å²) in [6, 6.07) is 0.0923. The van der Waals surface area contributed by atoms with E-state index in [1.54, 1.807) is 7.05 Å². The van der Waals surface area contributed by atoms with Gasteiger partial charge in [-0.3, -0.25) is 4.99 Å². The van der Waals surface area contributed by atoms with Crippen molar-refractivity contribution in [2.45, 2.75) is 52.0 Å². The van der Waals surface area contributed by atoms with Crippen LogP contribution in [0.4, 0.5) is 0 Å². The number of aliphatic imine (C=N–C) groups is 1. The second-order valence-electron chi connectivity index (χ2n) is 6.44. The van der Waals surface area contributed by atoms with Crippen LogP contribution in [0.1, 0.15) is 46.0 Å². The Labute approximate surface area is 129 Å². The lowest BCUT2D eigenvalue weighted by Crippen LogP contribution is -2.45. The monoisotopic (exact) mass is 317 g/mol. The van der Waals surface area contributed by atoms with Crippen molar-refractivity contribution in [3.63, 3.8) is 0 Å².